The molecule has 1 fully saturated rings. The summed E-state index contributed by atoms with van der Waals surface area (Å²) in [5.74, 6) is 0.443. The van der Waals surface area contributed by atoms with Gasteiger partial charge >= 0.3 is 18.0 Å². The number of ether oxygens (including phenoxy) is 1. The van der Waals surface area contributed by atoms with Crippen molar-refractivity contribution < 1.29 is 31.1 Å². The van der Waals surface area contributed by atoms with Crippen LogP contribution in [0.2, 0.25) is 0 Å². The van der Waals surface area contributed by atoms with Gasteiger partial charge in [-0.15, -0.1) is 0 Å². The van der Waals surface area contributed by atoms with Gasteiger partial charge in [-0.3, -0.25) is 4.98 Å². The number of halogens is 6. The molecule has 1 aromatic heterocycles. The number of aromatic amines is 2. The lowest BCUT2D eigenvalue weighted by Crippen LogP contribution is -2.62. The van der Waals surface area contributed by atoms with E-state index in [1.807, 2.05) is 37.3 Å². The molecule has 1 aliphatic rings. The fourth-order valence-corrected chi connectivity index (χ4v) is 5.03. The zero-order valence-electron chi connectivity index (χ0n) is 20.1. The Labute approximate surface area is 208 Å². The molecule has 200 valence electrons. The smallest absolute Gasteiger partial charge is 0.373 e. The summed E-state index contributed by atoms with van der Waals surface area (Å²) in [7, 11) is 0. The first-order chi connectivity index (χ1) is 17.2. The standard InChI is InChI=1S/C25H26F6N4O2/c1-15(16-8-18(24(26,27)28)10-19(9-16)25(29,30)31)37-14-23(17-6-4-3-5-7-17)12-22(2,13-23)32-11-20-33-21(36)35-34-20/h3-10,15,32H,11-14H2,1-2H3,(H2,33,34,35,36)/t15-,22?,23?/m1/s1. The maximum absolute atomic E-state index is 13.3. The van der Waals surface area contributed by atoms with Gasteiger partial charge in [-0.05, 0) is 56.0 Å². The highest BCUT2D eigenvalue weighted by Crippen LogP contribution is 2.51. The van der Waals surface area contributed by atoms with Crippen LogP contribution in [0.5, 0.6) is 0 Å². The van der Waals surface area contributed by atoms with E-state index in [0.29, 0.717) is 37.3 Å². The molecular formula is C25H26F6N4O2. The molecule has 37 heavy (non-hydrogen) atoms. The minimum Gasteiger partial charge on any atom is -0.373 e. The van der Waals surface area contributed by atoms with Crippen molar-refractivity contribution in [2.45, 2.75) is 62.6 Å². The Bertz CT molecular complexity index is 1240. The van der Waals surface area contributed by atoms with Gasteiger partial charge in [-0.2, -0.15) is 31.4 Å². The van der Waals surface area contributed by atoms with E-state index < -0.39 is 40.7 Å². The van der Waals surface area contributed by atoms with Crippen molar-refractivity contribution in [1.29, 1.82) is 0 Å². The van der Waals surface area contributed by atoms with Crippen LogP contribution >= 0.6 is 0 Å². The van der Waals surface area contributed by atoms with Gasteiger partial charge in [0.25, 0.3) is 0 Å². The summed E-state index contributed by atoms with van der Waals surface area (Å²) < 4.78 is 85.8. The summed E-state index contributed by atoms with van der Waals surface area (Å²) in [6.45, 7) is 3.83. The lowest BCUT2D eigenvalue weighted by Gasteiger charge is -2.55. The SMILES string of the molecule is C[C@@H](OCC1(c2ccccc2)CC(C)(NCc2n[nH]c(=O)[nH]2)C1)c1cc(C(F)(F)F)cc(C(F)(F)F)c1. The molecule has 0 amide bonds. The van der Waals surface area contributed by atoms with E-state index in [1.54, 1.807) is 0 Å². The molecule has 1 atom stereocenters. The molecule has 2 aromatic carbocycles. The van der Waals surface area contributed by atoms with Crippen LogP contribution in [0.15, 0.2) is 53.3 Å². The Morgan fingerprint density at radius 3 is 2.14 bits per heavy atom. The van der Waals surface area contributed by atoms with E-state index in [-0.39, 0.29) is 23.8 Å². The van der Waals surface area contributed by atoms with Crippen LogP contribution in [0.4, 0.5) is 26.3 Å². The number of nitrogens with one attached hydrogen (secondary N) is 3. The number of nitrogens with zero attached hydrogens (tertiary/aromatic N) is 1. The van der Waals surface area contributed by atoms with Crippen molar-refractivity contribution in [2.75, 3.05) is 6.61 Å². The number of rotatable bonds is 8. The summed E-state index contributed by atoms with van der Waals surface area (Å²) in [6, 6.07) is 10.9. The van der Waals surface area contributed by atoms with Gasteiger partial charge in [0.2, 0.25) is 0 Å². The summed E-state index contributed by atoms with van der Waals surface area (Å²) in [4.78, 5) is 13.8. The maximum atomic E-state index is 13.3. The fraction of sp³-hybridized carbons (Fsp3) is 0.440. The number of benzene rings is 2. The van der Waals surface area contributed by atoms with Gasteiger partial charge < -0.3 is 10.1 Å². The molecule has 0 saturated heterocycles. The quantitative estimate of drug-likeness (QED) is 0.338. The molecular weight excluding hydrogens is 502 g/mol. The predicted molar refractivity (Wildman–Crippen MR) is 123 cm³/mol. The van der Waals surface area contributed by atoms with E-state index in [0.717, 1.165) is 5.56 Å². The van der Waals surface area contributed by atoms with Crippen LogP contribution in [0.25, 0.3) is 0 Å². The number of hydrogen-bond donors (Lipinski definition) is 3. The average Bonchev–Trinajstić information content (AvgIpc) is 3.24. The third kappa shape index (κ3) is 6.07. The molecule has 1 aliphatic carbocycles. The minimum atomic E-state index is -4.93. The van der Waals surface area contributed by atoms with Crippen molar-refractivity contribution >= 4 is 0 Å². The third-order valence-corrected chi connectivity index (χ3v) is 6.77. The molecule has 1 saturated carbocycles. The van der Waals surface area contributed by atoms with Gasteiger partial charge in [0.05, 0.1) is 30.4 Å². The van der Waals surface area contributed by atoms with Gasteiger partial charge in [0.1, 0.15) is 5.82 Å². The Kier molecular flexibility index (Phi) is 7.02. The zero-order valence-corrected chi connectivity index (χ0v) is 20.1. The average molecular weight is 528 g/mol. The van der Waals surface area contributed by atoms with E-state index in [2.05, 4.69) is 20.5 Å². The van der Waals surface area contributed by atoms with Gasteiger partial charge in [-0.25, -0.2) is 9.89 Å². The van der Waals surface area contributed by atoms with E-state index in [1.165, 1.54) is 6.92 Å². The topological polar surface area (TPSA) is 82.8 Å². The van der Waals surface area contributed by atoms with Crippen LogP contribution in [0.1, 0.15) is 60.9 Å². The molecule has 3 aromatic rings. The molecule has 0 spiro atoms. The number of hydrogen-bond acceptors (Lipinski definition) is 4. The largest absolute Gasteiger partial charge is 0.416 e. The highest BCUT2D eigenvalue weighted by atomic mass is 19.4. The first-order valence-electron chi connectivity index (χ1n) is 11.5. The fourth-order valence-electron chi connectivity index (χ4n) is 5.03. The molecule has 0 bridgehead atoms. The number of alkyl halides is 6. The second kappa shape index (κ2) is 9.64. The van der Waals surface area contributed by atoms with Crippen molar-refractivity contribution in [3.63, 3.8) is 0 Å². The van der Waals surface area contributed by atoms with E-state index in [4.69, 9.17) is 4.74 Å². The van der Waals surface area contributed by atoms with Crippen molar-refractivity contribution in [3.8, 4) is 0 Å². The maximum Gasteiger partial charge on any atom is 0.416 e. The van der Waals surface area contributed by atoms with E-state index >= 15 is 0 Å². The number of aromatic nitrogens is 3. The first kappa shape index (κ1) is 26.9. The molecule has 6 nitrogen and oxygen atoms in total. The second-order valence-corrected chi connectivity index (χ2v) is 9.83. The lowest BCUT2D eigenvalue weighted by molar-refractivity contribution is -0.143. The van der Waals surface area contributed by atoms with Crippen molar-refractivity contribution in [3.05, 3.63) is 87.1 Å². The summed E-state index contributed by atoms with van der Waals surface area (Å²) in [5, 5.41) is 9.53. The minimum absolute atomic E-state index is 0.0896. The van der Waals surface area contributed by atoms with Crippen molar-refractivity contribution in [1.82, 2.24) is 20.5 Å². The molecule has 0 unspecified atom stereocenters. The molecule has 3 N–H and O–H groups in total. The molecule has 0 radical (unpaired) electrons. The van der Waals surface area contributed by atoms with Gasteiger partial charge in [-0.1, -0.05) is 30.3 Å². The molecule has 4 rings (SSSR count). The summed E-state index contributed by atoms with van der Waals surface area (Å²) >= 11 is 0. The monoisotopic (exact) mass is 528 g/mol. The summed E-state index contributed by atoms with van der Waals surface area (Å²) in [5.41, 5.74) is -3.28. The highest BCUT2D eigenvalue weighted by molar-refractivity contribution is 5.35. The van der Waals surface area contributed by atoms with Crippen LogP contribution in [-0.2, 0) is 29.0 Å². The zero-order chi connectivity index (χ0) is 27.1. The van der Waals surface area contributed by atoms with Crippen LogP contribution in [0.3, 0.4) is 0 Å². The van der Waals surface area contributed by atoms with E-state index in [9.17, 15) is 31.1 Å². The Morgan fingerprint density at radius 1 is 1.03 bits per heavy atom. The first-order valence-corrected chi connectivity index (χ1v) is 11.5. The Balaban J connectivity index is 1.52. The normalized spacial score (nSPS) is 23.0. The highest BCUT2D eigenvalue weighted by Gasteiger charge is 2.53. The van der Waals surface area contributed by atoms with Crippen molar-refractivity contribution in [2.24, 2.45) is 0 Å². The molecule has 1 heterocycles. The molecule has 12 heteroatoms. The number of H-pyrrole nitrogens is 2. The van der Waals surface area contributed by atoms with Crippen LogP contribution in [-0.4, -0.2) is 27.3 Å². The van der Waals surface area contributed by atoms with Gasteiger partial charge in [0.15, 0.2) is 0 Å². The third-order valence-electron chi connectivity index (χ3n) is 6.77. The predicted octanol–water partition coefficient (Wildman–Crippen LogP) is 5.49. The Hall–Kier alpha value is -3.12. The lowest BCUT2D eigenvalue weighted by atomic mass is 9.55. The van der Waals surface area contributed by atoms with Gasteiger partial charge in [0, 0.05) is 11.0 Å². The summed E-state index contributed by atoms with van der Waals surface area (Å²) in [6.07, 6.45) is -9.70. The molecule has 0 aliphatic heterocycles. The Morgan fingerprint density at radius 2 is 1.62 bits per heavy atom. The van der Waals surface area contributed by atoms with Crippen LogP contribution in [0, 0.1) is 0 Å². The van der Waals surface area contributed by atoms with Crippen LogP contribution < -0.4 is 11.0 Å². The second-order valence-electron chi connectivity index (χ2n) is 9.83.